The average molecular weight is 267 g/mol. The first-order chi connectivity index (χ1) is 9.83. The lowest BCUT2D eigenvalue weighted by atomic mass is 9.98. The molecule has 1 fully saturated rings. The van der Waals surface area contributed by atoms with Crippen molar-refractivity contribution in [1.29, 1.82) is 0 Å². The van der Waals surface area contributed by atoms with E-state index in [1.54, 1.807) is 0 Å². The standard InChI is InChI=1S/C17H17NO2/c18-17(16-6-3-9-19-16)11-7-8-15-13(10-11)12-4-1-2-5-14(12)20-15/h1-2,4-5,7-8,10,16-17H,3,6,9,18H2. The van der Waals surface area contributed by atoms with Crippen LogP contribution in [-0.2, 0) is 4.74 Å². The summed E-state index contributed by atoms with van der Waals surface area (Å²) in [4.78, 5) is 0. The van der Waals surface area contributed by atoms with Gasteiger partial charge in [-0.3, -0.25) is 0 Å². The van der Waals surface area contributed by atoms with Gasteiger partial charge in [0.1, 0.15) is 11.2 Å². The summed E-state index contributed by atoms with van der Waals surface area (Å²) in [6.07, 6.45) is 2.30. The highest BCUT2D eigenvalue weighted by Gasteiger charge is 2.24. The van der Waals surface area contributed by atoms with Crippen molar-refractivity contribution < 1.29 is 9.15 Å². The lowest BCUT2D eigenvalue weighted by molar-refractivity contribution is 0.0901. The van der Waals surface area contributed by atoms with Gasteiger partial charge < -0.3 is 14.9 Å². The molecule has 2 N–H and O–H groups in total. The molecule has 1 aromatic heterocycles. The second-order valence-corrected chi connectivity index (χ2v) is 5.43. The molecule has 4 rings (SSSR count). The molecule has 1 aliphatic heterocycles. The van der Waals surface area contributed by atoms with E-state index in [0.29, 0.717) is 0 Å². The maximum absolute atomic E-state index is 6.35. The van der Waals surface area contributed by atoms with Gasteiger partial charge in [-0.1, -0.05) is 24.3 Å². The first-order valence-electron chi connectivity index (χ1n) is 7.11. The van der Waals surface area contributed by atoms with Crippen molar-refractivity contribution in [3.8, 4) is 0 Å². The number of hydrogen-bond acceptors (Lipinski definition) is 3. The summed E-state index contributed by atoms with van der Waals surface area (Å²) in [5.74, 6) is 0. The van der Waals surface area contributed by atoms with Gasteiger partial charge in [0.2, 0.25) is 0 Å². The van der Waals surface area contributed by atoms with Crippen molar-refractivity contribution in [2.45, 2.75) is 25.0 Å². The van der Waals surface area contributed by atoms with E-state index in [-0.39, 0.29) is 12.1 Å². The van der Waals surface area contributed by atoms with Gasteiger partial charge in [-0.25, -0.2) is 0 Å². The fourth-order valence-corrected chi connectivity index (χ4v) is 3.05. The van der Waals surface area contributed by atoms with Crippen molar-refractivity contribution >= 4 is 21.9 Å². The Balaban J connectivity index is 1.82. The minimum Gasteiger partial charge on any atom is -0.456 e. The minimum atomic E-state index is -0.0597. The third-order valence-corrected chi connectivity index (χ3v) is 4.15. The number of ether oxygens (including phenoxy) is 1. The summed E-state index contributed by atoms with van der Waals surface area (Å²) in [6, 6.07) is 14.3. The maximum atomic E-state index is 6.35. The molecule has 0 spiro atoms. The fraction of sp³-hybridized carbons (Fsp3) is 0.294. The van der Waals surface area contributed by atoms with Gasteiger partial charge in [0, 0.05) is 17.4 Å². The summed E-state index contributed by atoms with van der Waals surface area (Å²) in [5.41, 5.74) is 9.30. The number of para-hydroxylation sites is 1. The second-order valence-electron chi connectivity index (χ2n) is 5.43. The molecule has 2 atom stereocenters. The second kappa shape index (κ2) is 4.62. The number of benzene rings is 2. The molecule has 3 heteroatoms. The third kappa shape index (κ3) is 1.82. The van der Waals surface area contributed by atoms with Crippen LogP contribution in [0.2, 0.25) is 0 Å². The number of fused-ring (bicyclic) bond motifs is 3. The molecule has 0 radical (unpaired) electrons. The monoisotopic (exact) mass is 267 g/mol. The van der Waals surface area contributed by atoms with Gasteiger partial charge in [0.25, 0.3) is 0 Å². The molecule has 2 unspecified atom stereocenters. The smallest absolute Gasteiger partial charge is 0.135 e. The molecule has 0 amide bonds. The maximum Gasteiger partial charge on any atom is 0.135 e. The Morgan fingerprint density at radius 1 is 1.05 bits per heavy atom. The summed E-state index contributed by atoms with van der Waals surface area (Å²) >= 11 is 0. The predicted octanol–water partition coefficient (Wildman–Crippen LogP) is 3.76. The third-order valence-electron chi connectivity index (χ3n) is 4.15. The van der Waals surface area contributed by atoms with Gasteiger partial charge in [-0.05, 0) is 36.6 Å². The molecule has 2 aromatic carbocycles. The van der Waals surface area contributed by atoms with Crippen LogP contribution in [0.25, 0.3) is 21.9 Å². The van der Waals surface area contributed by atoms with Crippen LogP contribution >= 0.6 is 0 Å². The Kier molecular flexibility index (Phi) is 2.76. The zero-order valence-electron chi connectivity index (χ0n) is 11.2. The van der Waals surface area contributed by atoms with Crippen LogP contribution in [0.3, 0.4) is 0 Å². The van der Waals surface area contributed by atoms with Crippen molar-refractivity contribution in [3.63, 3.8) is 0 Å². The largest absolute Gasteiger partial charge is 0.456 e. The Morgan fingerprint density at radius 2 is 1.90 bits per heavy atom. The molecule has 0 aliphatic carbocycles. The molecule has 102 valence electrons. The Bertz CT molecular complexity index is 756. The number of rotatable bonds is 2. The Labute approximate surface area is 117 Å². The summed E-state index contributed by atoms with van der Waals surface area (Å²) < 4.78 is 11.5. The quantitative estimate of drug-likeness (QED) is 0.769. The summed E-state index contributed by atoms with van der Waals surface area (Å²) in [6.45, 7) is 0.829. The van der Waals surface area contributed by atoms with Crippen LogP contribution in [0.1, 0.15) is 24.4 Å². The zero-order valence-corrected chi connectivity index (χ0v) is 11.2. The highest BCUT2D eigenvalue weighted by Crippen LogP contribution is 2.32. The first kappa shape index (κ1) is 11.9. The van der Waals surface area contributed by atoms with Crippen molar-refractivity contribution in [1.82, 2.24) is 0 Å². The van der Waals surface area contributed by atoms with E-state index >= 15 is 0 Å². The molecular weight excluding hydrogens is 250 g/mol. The highest BCUT2D eigenvalue weighted by molar-refractivity contribution is 6.05. The van der Waals surface area contributed by atoms with Crippen molar-refractivity contribution in [2.24, 2.45) is 5.73 Å². The highest BCUT2D eigenvalue weighted by atomic mass is 16.5. The van der Waals surface area contributed by atoms with E-state index in [4.69, 9.17) is 14.9 Å². The molecule has 0 bridgehead atoms. The topological polar surface area (TPSA) is 48.4 Å². The van der Waals surface area contributed by atoms with E-state index in [2.05, 4.69) is 18.2 Å². The van der Waals surface area contributed by atoms with E-state index < -0.39 is 0 Å². The van der Waals surface area contributed by atoms with Crippen LogP contribution in [0.15, 0.2) is 46.9 Å². The first-order valence-corrected chi connectivity index (χ1v) is 7.11. The van der Waals surface area contributed by atoms with Crippen LogP contribution < -0.4 is 5.73 Å². The van der Waals surface area contributed by atoms with E-state index in [1.807, 2.05) is 24.3 Å². The van der Waals surface area contributed by atoms with Gasteiger partial charge in [0.15, 0.2) is 0 Å². The zero-order chi connectivity index (χ0) is 13.5. The van der Waals surface area contributed by atoms with Crippen molar-refractivity contribution in [2.75, 3.05) is 6.61 Å². The van der Waals surface area contributed by atoms with E-state index in [9.17, 15) is 0 Å². The van der Waals surface area contributed by atoms with Gasteiger partial charge in [-0.2, -0.15) is 0 Å². The molecule has 3 aromatic rings. The van der Waals surface area contributed by atoms with Gasteiger partial charge in [-0.15, -0.1) is 0 Å². The lowest BCUT2D eigenvalue weighted by Gasteiger charge is -2.18. The van der Waals surface area contributed by atoms with Gasteiger partial charge in [0.05, 0.1) is 12.1 Å². The number of furan rings is 1. The van der Waals surface area contributed by atoms with Crippen molar-refractivity contribution in [3.05, 3.63) is 48.0 Å². The van der Waals surface area contributed by atoms with E-state index in [0.717, 1.165) is 47.0 Å². The molecule has 1 aliphatic rings. The fourth-order valence-electron chi connectivity index (χ4n) is 3.05. The Hall–Kier alpha value is -1.84. The summed E-state index contributed by atoms with van der Waals surface area (Å²) in [5, 5.41) is 2.27. The number of hydrogen-bond donors (Lipinski definition) is 1. The normalized spacial score (nSPS) is 20.8. The van der Waals surface area contributed by atoms with E-state index in [1.165, 1.54) is 0 Å². The molecule has 2 heterocycles. The van der Waals surface area contributed by atoms with Gasteiger partial charge >= 0.3 is 0 Å². The number of nitrogens with two attached hydrogens (primary N) is 1. The molecule has 3 nitrogen and oxygen atoms in total. The van der Waals surface area contributed by atoms with Crippen LogP contribution in [-0.4, -0.2) is 12.7 Å². The summed E-state index contributed by atoms with van der Waals surface area (Å²) in [7, 11) is 0. The lowest BCUT2D eigenvalue weighted by Crippen LogP contribution is -2.25. The van der Waals surface area contributed by atoms with Crippen LogP contribution in [0.4, 0.5) is 0 Å². The van der Waals surface area contributed by atoms with Crippen LogP contribution in [0, 0.1) is 0 Å². The molecule has 1 saturated heterocycles. The predicted molar refractivity (Wildman–Crippen MR) is 79.6 cm³/mol. The van der Waals surface area contributed by atoms with Crippen LogP contribution in [0.5, 0.6) is 0 Å². The SMILES string of the molecule is NC(c1ccc2oc3ccccc3c2c1)C1CCCO1. The average Bonchev–Trinajstić information content (AvgIpc) is 3.13. The molecule has 20 heavy (non-hydrogen) atoms. The molecular formula is C17H17NO2. The minimum absolute atomic E-state index is 0.0597. The Morgan fingerprint density at radius 3 is 2.75 bits per heavy atom. The molecule has 0 saturated carbocycles.